The second-order valence-corrected chi connectivity index (χ2v) is 11.2. The van der Waals surface area contributed by atoms with Crippen LogP contribution < -0.4 is 36.7 Å². The number of carbonyl (C=O) groups is 2. The van der Waals surface area contributed by atoms with E-state index in [-0.39, 0.29) is 23.1 Å². The van der Waals surface area contributed by atoms with Gasteiger partial charge in [-0.15, -0.1) is 0 Å². The minimum atomic E-state index is -0.483. The Balaban J connectivity index is 1.85. The molecule has 0 spiro atoms. The quantitative estimate of drug-likeness (QED) is 0.0972. The van der Waals surface area contributed by atoms with Gasteiger partial charge in [0.1, 0.15) is 5.70 Å². The molecule has 41 heavy (non-hydrogen) atoms. The first-order valence-electron chi connectivity index (χ1n) is 13.0. The number of rotatable bonds is 10. The number of carbonyl (C=O) groups excluding carboxylic acids is 2. The van der Waals surface area contributed by atoms with Crippen LogP contribution in [0.15, 0.2) is 66.8 Å². The van der Waals surface area contributed by atoms with Crippen molar-refractivity contribution >= 4 is 40.8 Å². The molecule has 1 heterocycles. The van der Waals surface area contributed by atoms with Gasteiger partial charge in [0.15, 0.2) is 5.75 Å². The SMILES string of the molecule is COc1c(NSC)cc(C(C)(C)C)cc1NC(=O)c1ccc(C)c(N(N)/C=C(\N)C(=O)NC(C)c2cccnc2)c1. The van der Waals surface area contributed by atoms with Crippen LogP contribution in [0.1, 0.15) is 60.8 Å². The van der Waals surface area contributed by atoms with Crippen LogP contribution in [0.25, 0.3) is 0 Å². The number of hydrogen-bond donors (Lipinski definition) is 5. The first kappa shape index (κ1) is 31.3. The summed E-state index contributed by atoms with van der Waals surface area (Å²) < 4.78 is 8.89. The van der Waals surface area contributed by atoms with Crippen LogP contribution in [0, 0.1) is 6.92 Å². The molecule has 0 saturated carbocycles. The lowest BCUT2D eigenvalue weighted by molar-refractivity contribution is -0.118. The molecule has 3 aromatic rings. The van der Waals surface area contributed by atoms with Crippen molar-refractivity contribution in [1.82, 2.24) is 10.3 Å². The summed E-state index contributed by atoms with van der Waals surface area (Å²) in [6, 6.07) is 12.4. The monoisotopic (exact) mass is 577 g/mol. The van der Waals surface area contributed by atoms with Gasteiger partial charge in [-0.1, -0.05) is 44.9 Å². The molecule has 0 aliphatic carbocycles. The minimum absolute atomic E-state index is 0.0879. The number of amides is 2. The summed E-state index contributed by atoms with van der Waals surface area (Å²) in [6.45, 7) is 9.99. The van der Waals surface area contributed by atoms with Crippen LogP contribution in [0.5, 0.6) is 5.75 Å². The van der Waals surface area contributed by atoms with E-state index >= 15 is 0 Å². The highest BCUT2D eigenvalue weighted by Gasteiger charge is 2.22. The van der Waals surface area contributed by atoms with E-state index < -0.39 is 5.91 Å². The molecular weight excluding hydrogens is 538 g/mol. The second kappa shape index (κ2) is 13.4. The highest BCUT2D eigenvalue weighted by Crippen LogP contribution is 2.39. The van der Waals surface area contributed by atoms with Gasteiger partial charge in [-0.3, -0.25) is 19.6 Å². The minimum Gasteiger partial charge on any atom is -0.492 e. The van der Waals surface area contributed by atoms with Crippen molar-refractivity contribution in [3.8, 4) is 5.75 Å². The van der Waals surface area contributed by atoms with Gasteiger partial charge in [0.25, 0.3) is 11.8 Å². The number of aryl methyl sites for hydroxylation is 1. The number of hydrogen-bond acceptors (Lipinski definition) is 9. The number of anilines is 3. The molecular formula is C30H39N7O3S. The van der Waals surface area contributed by atoms with Gasteiger partial charge in [0.2, 0.25) is 0 Å². The van der Waals surface area contributed by atoms with E-state index in [0.29, 0.717) is 22.7 Å². The molecule has 7 N–H and O–H groups in total. The number of pyridine rings is 1. The largest absolute Gasteiger partial charge is 0.492 e. The second-order valence-electron chi connectivity index (χ2n) is 10.6. The molecule has 0 aliphatic heterocycles. The number of nitrogens with one attached hydrogen (secondary N) is 3. The van der Waals surface area contributed by atoms with Gasteiger partial charge in [0.05, 0.1) is 30.2 Å². The van der Waals surface area contributed by atoms with Crippen molar-refractivity contribution in [2.45, 2.75) is 46.1 Å². The van der Waals surface area contributed by atoms with Crippen molar-refractivity contribution < 1.29 is 14.3 Å². The lowest BCUT2D eigenvalue weighted by Crippen LogP contribution is -2.34. The fourth-order valence-electron chi connectivity index (χ4n) is 4.06. The number of nitrogens with zero attached hydrogens (tertiary/aromatic N) is 2. The van der Waals surface area contributed by atoms with E-state index in [1.807, 2.05) is 38.3 Å². The van der Waals surface area contributed by atoms with Crippen molar-refractivity contribution in [1.29, 1.82) is 0 Å². The van der Waals surface area contributed by atoms with Crippen LogP contribution in [0.4, 0.5) is 17.1 Å². The number of aromatic nitrogens is 1. The molecule has 1 atom stereocenters. The molecule has 1 aromatic heterocycles. The van der Waals surface area contributed by atoms with E-state index in [1.165, 1.54) is 23.2 Å². The Kier molecular flexibility index (Phi) is 10.3. The summed E-state index contributed by atoms with van der Waals surface area (Å²) in [4.78, 5) is 30.2. The number of methoxy groups -OCH3 is 1. The Morgan fingerprint density at radius 3 is 2.46 bits per heavy atom. The van der Waals surface area contributed by atoms with Crippen molar-refractivity contribution in [2.75, 3.05) is 28.4 Å². The molecule has 11 heteroatoms. The molecule has 218 valence electrons. The normalized spacial score (nSPS) is 12.3. The number of benzene rings is 2. The molecule has 0 radical (unpaired) electrons. The van der Waals surface area contributed by atoms with Crippen molar-refractivity contribution in [3.63, 3.8) is 0 Å². The van der Waals surface area contributed by atoms with E-state index in [0.717, 1.165) is 22.4 Å². The summed E-state index contributed by atoms with van der Waals surface area (Å²) in [6.07, 6.45) is 6.58. The molecule has 2 amide bonds. The molecule has 3 rings (SSSR count). The number of nitrogens with two attached hydrogens (primary N) is 2. The van der Waals surface area contributed by atoms with Crippen LogP contribution in [0.2, 0.25) is 0 Å². The Hall–Kier alpha value is -4.22. The third kappa shape index (κ3) is 7.92. The highest BCUT2D eigenvalue weighted by atomic mass is 32.2. The lowest BCUT2D eigenvalue weighted by Gasteiger charge is -2.24. The Labute approximate surface area is 246 Å². The molecule has 2 aromatic carbocycles. The molecule has 0 aliphatic rings. The average Bonchev–Trinajstić information content (AvgIpc) is 2.93. The standard InChI is InChI=1S/C30H39N7O3S/c1-18-10-11-20(28(38)35-24-14-22(30(3,4)5)15-25(36-41-7)27(24)40-6)13-26(18)37(32)17-23(31)29(39)34-19(2)21-9-8-12-33-16-21/h8-17,19,36H,31-32H2,1-7H3,(H,34,39)(H,35,38)/b23-17-. The summed E-state index contributed by atoms with van der Waals surface area (Å²) >= 11 is 1.43. The first-order valence-corrected chi connectivity index (χ1v) is 14.2. The van der Waals surface area contributed by atoms with E-state index in [1.54, 1.807) is 43.8 Å². The van der Waals surface area contributed by atoms with E-state index in [9.17, 15) is 9.59 Å². The lowest BCUT2D eigenvalue weighted by atomic mass is 9.86. The van der Waals surface area contributed by atoms with Gasteiger partial charge in [0, 0.05) is 30.4 Å². The predicted molar refractivity (Wildman–Crippen MR) is 168 cm³/mol. The molecule has 1 unspecified atom stereocenters. The molecule has 0 saturated heterocycles. The third-order valence-electron chi connectivity index (χ3n) is 6.44. The maximum atomic E-state index is 13.4. The smallest absolute Gasteiger partial charge is 0.269 e. The first-order chi connectivity index (χ1) is 19.3. The highest BCUT2D eigenvalue weighted by molar-refractivity contribution is 7.99. The maximum Gasteiger partial charge on any atom is 0.269 e. The van der Waals surface area contributed by atoms with Gasteiger partial charge < -0.3 is 25.8 Å². The van der Waals surface area contributed by atoms with Crippen molar-refractivity contribution in [2.24, 2.45) is 11.6 Å². The van der Waals surface area contributed by atoms with Gasteiger partial charge in [-0.25, -0.2) is 5.84 Å². The fourth-order valence-corrected chi connectivity index (χ4v) is 4.43. The fraction of sp³-hybridized carbons (Fsp3) is 0.300. The zero-order valence-corrected chi connectivity index (χ0v) is 25.3. The summed E-state index contributed by atoms with van der Waals surface area (Å²) in [5, 5.41) is 7.05. The Bertz CT molecular complexity index is 1420. The van der Waals surface area contributed by atoms with Gasteiger partial charge in [-0.2, -0.15) is 0 Å². The summed E-state index contributed by atoms with van der Waals surface area (Å²) in [5.74, 6) is 5.98. The summed E-state index contributed by atoms with van der Waals surface area (Å²) in [5.41, 5.74) is 10.6. The van der Waals surface area contributed by atoms with Gasteiger partial charge >= 0.3 is 0 Å². The molecule has 0 bridgehead atoms. The predicted octanol–water partition coefficient (Wildman–Crippen LogP) is 5.00. The third-order valence-corrected chi connectivity index (χ3v) is 6.87. The van der Waals surface area contributed by atoms with E-state index in [2.05, 4.69) is 41.1 Å². The zero-order valence-electron chi connectivity index (χ0n) is 24.5. The topological polar surface area (TPSA) is 148 Å². The average molecular weight is 578 g/mol. The van der Waals surface area contributed by atoms with Crippen LogP contribution in [-0.4, -0.2) is 30.2 Å². The van der Waals surface area contributed by atoms with Gasteiger partial charge in [-0.05, 0) is 66.3 Å². The van der Waals surface area contributed by atoms with Crippen molar-refractivity contribution in [3.05, 3.63) is 89.0 Å². The molecule has 10 nitrogen and oxygen atoms in total. The zero-order chi connectivity index (χ0) is 30.3. The van der Waals surface area contributed by atoms with Crippen LogP contribution in [-0.2, 0) is 10.2 Å². The number of ether oxygens (including phenoxy) is 1. The number of hydrazine groups is 1. The van der Waals surface area contributed by atoms with Crippen LogP contribution in [0.3, 0.4) is 0 Å². The maximum absolute atomic E-state index is 13.4. The van der Waals surface area contributed by atoms with Crippen LogP contribution >= 0.6 is 11.9 Å². The van der Waals surface area contributed by atoms with E-state index in [4.69, 9.17) is 16.3 Å². The Morgan fingerprint density at radius 2 is 1.85 bits per heavy atom. The molecule has 0 fully saturated rings. The summed E-state index contributed by atoms with van der Waals surface area (Å²) in [7, 11) is 1.56. The Morgan fingerprint density at radius 1 is 1.15 bits per heavy atom.